The number of carbonyl (C=O) groups is 1. The Morgan fingerprint density at radius 3 is 2.32 bits per heavy atom. The van der Waals surface area contributed by atoms with Gasteiger partial charge in [-0.2, -0.15) is 0 Å². The largest absolute Gasteiger partial charge is 0.328 e. The normalized spacial score (nSPS) is 22.3. The quantitative estimate of drug-likeness (QED) is 0.765. The van der Waals surface area contributed by atoms with E-state index >= 15 is 0 Å². The third kappa shape index (κ3) is 4.53. The van der Waals surface area contributed by atoms with Crippen molar-refractivity contribution >= 4 is 21.6 Å². The van der Waals surface area contributed by atoms with Gasteiger partial charge in [-0.15, -0.1) is 0 Å². The van der Waals surface area contributed by atoms with E-state index in [9.17, 15) is 13.2 Å². The highest BCUT2D eigenvalue weighted by atomic mass is 32.2. The first-order chi connectivity index (χ1) is 10.4. The fraction of sp³-hybridized carbons (Fsp3) is 0.533. The first kappa shape index (κ1) is 16.9. The molecule has 1 fully saturated rings. The molecule has 0 aromatic heterocycles. The Morgan fingerprint density at radius 1 is 1.18 bits per heavy atom. The van der Waals surface area contributed by atoms with Crippen LogP contribution in [0.15, 0.2) is 29.2 Å². The van der Waals surface area contributed by atoms with Gasteiger partial charge in [-0.05, 0) is 49.9 Å². The lowest BCUT2D eigenvalue weighted by atomic mass is 9.93. The lowest BCUT2D eigenvalue weighted by Crippen LogP contribution is -2.40. The van der Waals surface area contributed by atoms with Crippen molar-refractivity contribution in [2.24, 2.45) is 5.73 Å². The molecule has 1 aliphatic rings. The van der Waals surface area contributed by atoms with Crippen LogP contribution in [0.1, 0.15) is 39.0 Å². The number of rotatable bonds is 5. The molecule has 0 saturated heterocycles. The van der Waals surface area contributed by atoms with Crippen molar-refractivity contribution in [3.63, 3.8) is 0 Å². The van der Waals surface area contributed by atoms with Gasteiger partial charge in [0.05, 0.1) is 4.90 Å². The Hall–Kier alpha value is -1.44. The summed E-state index contributed by atoms with van der Waals surface area (Å²) in [5, 5.41) is 2.69. The van der Waals surface area contributed by atoms with Crippen LogP contribution in [-0.2, 0) is 14.8 Å². The van der Waals surface area contributed by atoms with Gasteiger partial charge in [0.2, 0.25) is 15.9 Å². The van der Waals surface area contributed by atoms with Crippen molar-refractivity contribution in [1.29, 1.82) is 0 Å². The number of hydrogen-bond acceptors (Lipinski definition) is 4. The fourth-order valence-corrected chi connectivity index (χ4v) is 3.80. The first-order valence-electron chi connectivity index (χ1n) is 7.58. The minimum Gasteiger partial charge on any atom is -0.328 e. The third-order valence-electron chi connectivity index (χ3n) is 3.86. The molecular weight excluding hydrogens is 302 g/mol. The van der Waals surface area contributed by atoms with E-state index in [2.05, 4.69) is 10.0 Å². The highest BCUT2D eigenvalue weighted by Gasteiger charge is 2.24. The maximum absolute atomic E-state index is 12.3. The van der Waals surface area contributed by atoms with Crippen LogP contribution in [-0.4, -0.2) is 26.4 Å². The fourth-order valence-electron chi connectivity index (χ4n) is 2.49. The predicted octanol–water partition coefficient (Wildman–Crippen LogP) is 1.58. The topological polar surface area (TPSA) is 101 Å². The first-order valence-corrected chi connectivity index (χ1v) is 9.07. The van der Waals surface area contributed by atoms with E-state index in [0.29, 0.717) is 12.1 Å². The Labute approximate surface area is 131 Å². The Balaban J connectivity index is 2.01. The molecule has 0 heterocycles. The predicted molar refractivity (Wildman–Crippen MR) is 85.9 cm³/mol. The molecule has 22 heavy (non-hydrogen) atoms. The molecule has 0 atom stereocenters. The molecule has 1 aliphatic carbocycles. The van der Waals surface area contributed by atoms with Crippen LogP contribution in [0, 0.1) is 0 Å². The second-order valence-electron chi connectivity index (χ2n) is 5.66. The Morgan fingerprint density at radius 2 is 1.77 bits per heavy atom. The van der Waals surface area contributed by atoms with E-state index in [1.54, 1.807) is 19.1 Å². The maximum Gasteiger partial charge on any atom is 0.240 e. The standard InChI is InChI=1S/C15H23N3O3S/c1-2-15(19)17-12-7-9-14(10-8-12)22(20,21)18-13-5-3-11(16)4-6-13/h7-11,13,18H,2-6,16H2,1H3,(H,17,19). The van der Waals surface area contributed by atoms with Gasteiger partial charge in [-0.3, -0.25) is 4.79 Å². The minimum absolute atomic E-state index is 0.0516. The number of nitrogens with two attached hydrogens (primary N) is 1. The van der Waals surface area contributed by atoms with Gasteiger partial charge in [-0.1, -0.05) is 6.92 Å². The number of hydrogen-bond donors (Lipinski definition) is 3. The molecule has 0 unspecified atom stereocenters. The zero-order valence-corrected chi connectivity index (χ0v) is 13.5. The molecule has 0 bridgehead atoms. The van der Waals surface area contributed by atoms with Crippen molar-refractivity contribution < 1.29 is 13.2 Å². The van der Waals surface area contributed by atoms with E-state index in [1.807, 2.05) is 0 Å². The molecule has 0 aliphatic heterocycles. The summed E-state index contributed by atoms with van der Waals surface area (Å²) in [5.41, 5.74) is 6.42. The third-order valence-corrected chi connectivity index (χ3v) is 5.40. The summed E-state index contributed by atoms with van der Waals surface area (Å²) < 4.78 is 27.4. The minimum atomic E-state index is -3.53. The molecule has 1 aromatic carbocycles. The SMILES string of the molecule is CCC(=O)Nc1ccc(S(=O)(=O)NC2CCC(N)CC2)cc1. The van der Waals surface area contributed by atoms with Crippen molar-refractivity contribution in [3.05, 3.63) is 24.3 Å². The molecule has 0 spiro atoms. The van der Waals surface area contributed by atoms with Gasteiger partial charge in [0.25, 0.3) is 0 Å². The summed E-state index contributed by atoms with van der Waals surface area (Å²) in [5.74, 6) is -0.104. The van der Waals surface area contributed by atoms with Crippen molar-refractivity contribution in [3.8, 4) is 0 Å². The highest BCUT2D eigenvalue weighted by Crippen LogP contribution is 2.20. The van der Waals surface area contributed by atoms with Crippen LogP contribution in [0.25, 0.3) is 0 Å². The van der Waals surface area contributed by atoms with Crippen LogP contribution >= 0.6 is 0 Å². The Bertz CT molecular complexity index is 605. The smallest absolute Gasteiger partial charge is 0.240 e. The van der Waals surface area contributed by atoms with Crippen LogP contribution in [0.5, 0.6) is 0 Å². The molecule has 122 valence electrons. The zero-order valence-electron chi connectivity index (χ0n) is 12.7. The molecule has 0 radical (unpaired) electrons. The van der Waals surface area contributed by atoms with Gasteiger partial charge in [0.15, 0.2) is 0 Å². The monoisotopic (exact) mass is 325 g/mol. The number of anilines is 1. The zero-order chi connectivity index (χ0) is 16.2. The molecule has 4 N–H and O–H groups in total. The number of sulfonamides is 1. The summed E-state index contributed by atoms with van der Waals surface area (Å²) in [7, 11) is -3.53. The molecule has 1 aromatic rings. The lowest BCUT2D eigenvalue weighted by molar-refractivity contribution is -0.115. The van der Waals surface area contributed by atoms with Gasteiger partial charge >= 0.3 is 0 Å². The van der Waals surface area contributed by atoms with E-state index in [-0.39, 0.29) is 22.9 Å². The second kappa shape index (κ2) is 7.21. The summed E-state index contributed by atoms with van der Waals surface area (Å²) in [6.45, 7) is 1.76. The van der Waals surface area contributed by atoms with Crippen molar-refractivity contribution in [2.75, 3.05) is 5.32 Å². The highest BCUT2D eigenvalue weighted by molar-refractivity contribution is 7.89. The molecule has 1 saturated carbocycles. The molecule has 6 nitrogen and oxygen atoms in total. The average molecular weight is 325 g/mol. The van der Waals surface area contributed by atoms with Crippen LogP contribution < -0.4 is 15.8 Å². The molecular formula is C15H23N3O3S. The summed E-state index contributed by atoms with van der Waals surface area (Å²) in [6, 6.07) is 6.33. The van der Waals surface area contributed by atoms with E-state index in [4.69, 9.17) is 5.73 Å². The summed E-state index contributed by atoms with van der Waals surface area (Å²) >= 11 is 0. The Kier molecular flexibility index (Phi) is 5.55. The van der Waals surface area contributed by atoms with Gasteiger partial charge in [0.1, 0.15) is 0 Å². The molecule has 1 amide bonds. The summed E-state index contributed by atoms with van der Waals surface area (Å²) in [4.78, 5) is 11.5. The van der Waals surface area contributed by atoms with Crippen molar-refractivity contribution in [2.45, 2.75) is 56.0 Å². The van der Waals surface area contributed by atoms with Crippen LogP contribution in [0.2, 0.25) is 0 Å². The number of nitrogens with one attached hydrogen (secondary N) is 2. The number of carbonyl (C=O) groups excluding carboxylic acids is 1. The van der Waals surface area contributed by atoms with Gasteiger partial charge in [-0.25, -0.2) is 13.1 Å². The molecule has 7 heteroatoms. The lowest BCUT2D eigenvalue weighted by Gasteiger charge is -2.26. The van der Waals surface area contributed by atoms with Gasteiger partial charge < -0.3 is 11.1 Å². The average Bonchev–Trinajstić information content (AvgIpc) is 2.50. The van der Waals surface area contributed by atoms with Gasteiger partial charge in [0, 0.05) is 24.2 Å². The van der Waals surface area contributed by atoms with E-state index < -0.39 is 10.0 Å². The number of amides is 1. The second-order valence-corrected chi connectivity index (χ2v) is 7.37. The van der Waals surface area contributed by atoms with Crippen LogP contribution in [0.3, 0.4) is 0 Å². The summed E-state index contributed by atoms with van der Waals surface area (Å²) in [6.07, 6.45) is 3.60. The van der Waals surface area contributed by atoms with Crippen molar-refractivity contribution in [1.82, 2.24) is 4.72 Å². The van der Waals surface area contributed by atoms with E-state index in [0.717, 1.165) is 25.7 Å². The molecule has 2 rings (SSSR count). The van der Waals surface area contributed by atoms with Crippen LogP contribution in [0.4, 0.5) is 5.69 Å². The number of benzene rings is 1. The maximum atomic E-state index is 12.3. The van der Waals surface area contributed by atoms with E-state index in [1.165, 1.54) is 12.1 Å².